The second-order valence-electron chi connectivity index (χ2n) is 7.82. The molecule has 7 nitrogen and oxygen atoms in total. The predicted octanol–water partition coefficient (Wildman–Crippen LogP) is 4.28. The summed E-state index contributed by atoms with van der Waals surface area (Å²) >= 11 is 1.50. The molecule has 1 N–H and O–H groups in total. The lowest BCUT2D eigenvalue weighted by Crippen LogP contribution is -2.27. The largest absolute Gasteiger partial charge is 0.490 e. The van der Waals surface area contributed by atoms with Crippen molar-refractivity contribution >= 4 is 17.3 Å². The fourth-order valence-corrected chi connectivity index (χ4v) is 4.79. The average Bonchev–Trinajstić information content (AvgIpc) is 3.44. The molecule has 0 saturated heterocycles. The lowest BCUT2D eigenvalue weighted by atomic mass is 10.0. The number of hydrogen-bond acceptors (Lipinski definition) is 8. The summed E-state index contributed by atoms with van der Waals surface area (Å²) in [6.45, 7) is 4.05. The molecule has 0 aliphatic heterocycles. The molecule has 1 aromatic heterocycles. The third-order valence-corrected chi connectivity index (χ3v) is 6.36. The van der Waals surface area contributed by atoms with Gasteiger partial charge >= 0.3 is 5.97 Å². The number of methoxy groups -OCH3 is 1. The van der Waals surface area contributed by atoms with E-state index >= 15 is 0 Å². The Labute approximate surface area is 191 Å². The van der Waals surface area contributed by atoms with E-state index in [0.29, 0.717) is 11.3 Å². The average molecular weight is 449 g/mol. The molecular formula is C24H24N4O3S. The van der Waals surface area contributed by atoms with E-state index in [0.717, 1.165) is 34.0 Å². The zero-order chi connectivity index (χ0) is 22.7. The van der Waals surface area contributed by atoms with Crippen LogP contribution in [0.4, 0.5) is 0 Å². The summed E-state index contributed by atoms with van der Waals surface area (Å²) < 4.78 is 10.4. The van der Waals surface area contributed by atoms with Crippen LogP contribution in [0.3, 0.4) is 0 Å². The van der Waals surface area contributed by atoms with E-state index in [9.17, 15) is 10.1 Å². The van der Waals surface area contributed by atoms with Gasteiger partial charge in [-0.1, -0.05) is 29.5 Å². The van der Waals surface area contributed by atoms with Gasteiger partial charge in [-0.05, 0) is 56.0 Å². The molecule has 2 aromatic carbocycles. The topological polar surface area (TPSA) is 97.1 Å². The zero-order valence-corrected chi connectivity index (χ0v) is 19.0. The zero-order valence-electron chi connectivity index (χ0n) is 18.2. The molecule has 1 heterocycles. The van der Waals surface area contributed by atoms with Crippen LogP contribution in [-0.4, -0.2) is 35.9 Å². The highest BCUT2D eigenvalue weighted by atomic mass is 32.1. The fourth-order valence-electron chi connectivity index (χ4n) is 3.90. The third kappa shape index (κ3) is 4.49. The van der Waals surface area contributed by atoms with Crippen molar-refractivity contribution in [3.05, 3.63) is 53.1 Å². The molecule has 0 fully saturated rings. The number of aromatic nitrogens is 2. The number of fused-ring (bicyclic) bond motifs is 1. The van der Waals surface area contributed by atoms with E-state index in [2.05, 4.69) is 33.7 Å². The van der Waals surface area contributed by atoms with Crippen LogP contribution < -0.4 is 10.1 Å². The first-order chi connectivity index (χ1) is 15.5. The first kappa shape index (κ1) is 21.9. The molecule has 0 radical (unpaired) electrons. The standard InChI is InChI=1S/C24H24N4O3S/c1-14(2)31-21-10-7-15(11-16(21)12-25)23-27-28-24(32-23)19-6-4-5-18-17(19)8-9-20(18)26-13-22(29)30-3/h4-7,10-11,14,20,26H,8-9,13H2,1-3H3/t20-/m1/s1. The molecular weight excluding hydrogens is 424 g/mol. The summed E-state index contributed by atoms with van der Waals surface area (Å²) in [6.07, 6.45) is 1.81. The highest BCUT2D eigenvalue weighted by molar-refractivity contribution is 7.17. The summed E-state index contributed by atoms with van der Waals surface area (Å²) in [5, 5.41) is 23.2. The van der Waals surface area contributed by atoms with E-state index in [1.807, 2.05) is 32.0 Å². The minimum absolute atomic E-state index is 0.00723. The molecule has 1 aliphatic rings. The molecule has 0 amide bonds. The van der Waals surface area contributed by atoms with Crippen LogP contribution in [0.25, 0.3) is 21.1 Å². The van der Waals surface area contributed by atoms with Crippen LogP contribution in [0, 0.1) is 11.3 Å². The lowest BCUT2D eigenvalue weighted by molar-refractivity contribution is -0.139. The molecule has 0 unspecified atom stereocenters. The van der Waals surface area contributed by atoms with Gasteiger partial charge in [0, 0.05) is 17.2 Å². The molecule has 0 bridgehead atoms. The Morgan fingerprint density at radius 3 is 2.84 bits per heavy atom. The van der Waals surface area contributed by atoms with Crippen LogP contribution in [0.5, 0.6) is 5.75 Å². The number of benzene rings is 2. The number of esters is 1. The van der Waals surface area contributed by atoms with Crippen molar-refractivity contribution in [1.29, 1.82) is 5.26 Å². The molecule has 1 atom stereocenters. The van der Waals surface area contributed by atoms with E-state index in [1.165, 1.54) is 29.6 Å². The summed E-state index contributed by atoms with van der Waals surface area (Å²) in [7, 11) is 1.39. The molecule has 3 aromatic rings. The van der Waals surface area contributed by atoms with Gasteiger partial charge in [-0.15, -0.1) is 10.2 Å². The Hall–Kier alpha value is -3.28. The number of nitriles is 1. The molecule has 32 heavy (non-hydrogen) atoms. The third-order valence-electron chi connectivity index (χ3n) is 5.36. The predicted molar refractivity (Wildman–Crippen MR) is 122 cm³/mol. The van der Waals surface area contributed by atoms with Crippen molar-refractivity contribution in [2.24, 2.45) is 0 Å². The molecule has 8 heteroatoms. The monoisotopic (exact) mass is 448 g/mol. The van der Waals surface area contributed by atoms with Gasteiger partial charge in [0.15, 0.2) is 0 Å². The number of nitrogens with zero attached hydrogens (tertiary/aromatic N) is 3. The first-order valence-corrected chi connectivity index (χ1v) is 11.3. The van der Waals surface area contributed by atoms with E-state index in [-0.39, 0.29) is 24.7 Å². The summed E-state index contributed by atoms with van der Waals surface area (Å²) in [5.74, 6) is 0.298. The number of ether oxygens (including phenoxy) is 2. The second-order valence-corrected chi connectivity index (χ2v) is 8.80. The molecule has 4 rings (SSSR count). The van der Waals surface area contributed by atoms with Crippen molar-refractivity contribution in [2.75, 3.05) is 13.7 Å². The molecule has 1 aliphatic carbocycles. The van der Waals surface area contributed by atoms with Gasteiger partial charge in [-0.3, -0.25) is 4.79 Å². The Balaban J connectivity index is 1.60. The Bertz CT molecular complexity index is 1180. The van der Waals surface area contributed by atoms with Crippen LogP contribution in [-0.2, 0) is 16.0 Å². The number of carbonyl (C=O) groups excluding carboxylic acids is 1. The van der Waals surface area contributed by atoms with Gasteiger partial charge in [0.05, 0.1) is 25.3 Å². The van der Waals surface area contributed by atoms with Gasteiger partial charge < -0.3 is 14.8 Å². The molecule has 0 saturated carbocycles. The Morgan fingerprint density at radius 2 is 2.09 bits per heavy atom. The number of carbonyl (C=O) groups is 1. The lowest BCUT2D eigenvalue weighted by Gasteiger charge is -2.13. The smallest absolute Gasteiger partial charge is 0.319 e. The maximum absolute atomic E-state index is 11.5. The minimum Gasteiger partial charge on any atom is -0.490 e. The van der Waals surface area contributed by atoms with E-state index < -0.39 is 0 Å². The second kappa shape index (κ2) is 9.47. The van der Waals surface area contributed by atoms with Crippen LogP contribution in [0.15, 0.2) is 36.4 Å². The van der Waals surface area contributed by atoms with Crippen molar-refractivity contribution in [3.8, 4) is 33.0 Å². The first-order valence-electron chi connectivity index (χ1n) is 10.5. The van der Waals surface area contributed by atoms with Crippen molar-refractivity contribution in [3.63, 3.8) is 0 Å². The number of nitrogens with one attached hydrogen (secondary N) is 1. The maximum Gasteiger partial charge on any atom is 0.319 e. The summed E-state index contributed by atoms with van der Waals surface area (Å²) in [6, 6.07) is 14.0. The van der Waals surface area contributed by atoms with E-state index in [4.69, 9.17) is 9.47 Å². The van der Waals surface area contributed by atoms with Crippen LogP contribution >= 0.6 is 11.3 Å². The van der Waals surface area contributed by atoms with Gasteiger partial charge in [0.25, 0.3) is 0 Å². The SMILES string of the molecule is COC(=O)CN[C@@H]1CCc2c(-c3nnc(-c4ccc(OC(C)C)c(C#N)c4)s3)cccc21. The number of rotatable bonds is 7. The van der Waals surface area contributed by atoms with E-state index in [1.54, 1.807) is 6.07 Å². The van der Waals surface area contributed by atoms with Gasteiger partial charge in [-0.2, -0.15) is 5.26 Å². The fraction of sp³-hybridized carbons (Fsp3) is 0.333. The van der Waals surface area contributed by atoms with Gasteiger partial charge in [-0.25, -0.2) is 0 Å². The highest BCUT2D eigenvalue weighted by Gasteiger charge is 2.26. The van der Waals surface area contributed by atoms with Crippen LogP contribution in [0.2, 0.25) is 0 Å². The normalized spacial score (nSPS) is 14.8. The van der Waals surface area contributed by atoms with Crippen molar-refractivity contribution in [1.82, 2.24) is 15.5 Å². The van der Waals surface area contributed by atoms with Gasteiger partial charge in [0.1, 0.15) is 21.8 Å². The van der Waals surface area contributed by atoms with Crippen molar-refractivity contribution in [2.45, 2.75) is 38.8 Å². The minimum atomic E-state index is -0.273. The highest BCUT2D eigenvalue weighted by Crippen LogP contribution is 2.40. The Kier molecular flexibility index (Phi) is 6.49. The maximum atomic E-state index is 11.5. The summed E-state index contributed by atoms with van der Waals surface area (Å²) in [4.78, 5) is 11.5. The number of hydrogen-bond donors (Lipinski definition) is 1. The van der Waals surface area contributed by atoms with Crippen LogP contribution in [0.1, 0.15) is 43.0 Å². The van der Waals surface area contributed by atoms with Gasteiger partial charge in [0.2, 0.25) is 0 Å². The summed E-state index contributed by atoms with van der Waals surface area (Å²) in [5.41, 5.74) is 4.80. The molecule has 0 spiro atoms. The molecule has 164 valence electrons. The quantitative estimate of drug-likeness (QED) is 0.539. The van der Waals surface area contributed by atoms with Crippen molar-refractivity contribution < 1.29 is 14.3 Å². The Morgan fingerprint density at radius 1 is 1.28 bits per heavy atom.